The summed E-state index contributed by atoms with van der Waals surface area (Å²) < 4.78 is 38.9. The van der Waals surface area contributed by atoms with Gasteiger partial charge in [0.2, 0.25) is 15.9 Å². The lowest BCUT2D eigenvalue weighted by Gasteiger charge is -2.20. The van der Waals surface area contributed by atoms with E-state index >= 15 is 0 Å². The van der Waals surface area contributed by atoms with Crippen LogP contribution in [0.4, 0.5) is 0 Å². The molecule has 34 heavy (non-hydrogen) atoms. The molecule has 1 unspecified atom stereocenters. The number of sulfonamides is 1. The first kappa shape index (κ1) is 24.5. The summed E-state index contributed by atoms with van der Waals surface area (Å²) in [4.78, 5) is 12.9. The third-order valence-corrected chi connectivity index (χ3v) is 8.33. The minimum absolute atomic E-state index is 0.0547. The Bertz CT molecular complexity index is 1080. The first-order chi connectivity index (χ1) is 16.4. The molecule has 7 nitrogen and oxygen atoms in total. The van der Waals surface area contributed by atoms with E-state index in [1.165, 1.54) is 0 Å². The molecule has 2 aromatic rings. The molecule has 0 aromatic heterocycles. The number of hydrogen-bond donors (Lipinski definition) is 1. The zero-order valence-electron chi connectivity index (χ0n) is 19.8. The highest BCUT2D eigenvalue weighted by molar-refractivity contribution is 7.89. The molecule has 2 aromatic carbocycles. The Morgan fingerprint density at radius 2 is 1.62 bits per heavy atom. The van der Waals surface area contributed by atoms with Crippen LogP contribution in [0.1, 0.15) is 62.6 Å². The Hall–Kier alpha value is -2.58. The fourth-order valence-electron chi connectivity index (χ4n) is 4.36. The summed E-state index contributed by atoms with van der Waals surface area (Å²) in [6.07, 6.45) is 5.72. The van der Waals surface area contributed by atoms with Gasteiger partial charge in [0.1, 0.15) is 0 Å². The fraction of sp³-hybridized carbons (Fsp3) is 0.500. The van der Waals surface area contributed by atoms with E-state index < -0.39 is 10.0 Å². The van der Waals surface area contributed by atoms with E-state index in [1.807, 2.05) is 37.3 Å². The molecule has 8 heteroatoms. The number of nitrogens with one attached hydrogen (secondary N) is 1. The van der Waals surface area contributed by atoms with Crippen molar-refractivity contribution in [2.75, 3.05) is 26.3 Å². The van der Waals surface area contributed by atoms with Gasteiger partial charge >= 0.3 is 0 Å². The summed E-state index contributed by atoms with van der Waals surface area (Å²) in [5, 5.41) is 3.04. The third kappa shape index (κ3) is 6.10. The number of benzene rings is 2. The molecule has 4 rings (SSSR count). The van der Waals surface area contributed by atoms with Gasteiger partial charge in [0.25, 0.3) is 0 Å². The average Bonchev–Trinajstić information content (AvgIpc) is 3.26. The highest BCUT2D eigenvalue weighted by Gasteiger charge is 2.25. The second-order valence-electron chi connectivity index (χ2n) is 9.01. The minimum Gasteiger partial charge on any atom is -0.490 e. The van der Waals surface area contributed by atoms with Crippen molar-refractivity contribution < 1.29 is 22.7 Å². The van der Waals surface area contributed by atoms with Crippen LogP contribution in [0.15, 0.2) is 47.4 Å². The molecule has 2 aliphatic heterocycles. The molecule has 0 saturated carbocycles. The van der Waals surface area contributed by atoms with Gasteiger partial charge in [-0.05, 0) is 61.6 Å². The zero-order valence-corrected chi connectivity index (χ0v) is 20.6. The van der Waals surface area contributed by atoms with E-state index in [-0.39, 0.29) is 11.9 Å². The van der Waals surface area contributed by atoms with E-state index in [9.17, 15) is 13.2 Å². The molecular formula is C26H34N2O5S. The monoisotopic (exact) mass is 486 g/mol. The quantitative estimate of drug-likeness (QED) is 0.633. The minimum atomic E-state index is -3.45. The number of ether oxygens (including phenoxy) is 2. The van der Waals surface area contributed by atoms with E-state index in [4.69, 9.17) is 9.47 Å². The molecular weight excluding hydrogens is 452 g/mol. The first-order valence-electron chi connectivity index (χ1n) is 12.2. The predicted molar refractivity (Wildman–Crippen MR) is 131 cm³/mol. The van der Waals surface area contributed by atoms with Gasteiger partial charge in [0, 0.05) is 25.9 Å². The molecule has 0 bridgehead atoms. The lowest BCUT2D eigenvalue weighted by Crippen LogP contribution is -2.31. The Labute approximate surface area is 202 Å². The van der Waals surface area contributed by atoms with Gasteiger partial charge in [0.05, 0.1) is 24.2 Å². The van der Waals surface area contributed by atoms with Gasteiger partial charge in [-0.3, -0.25) is 4.79 Å². The lowest BCUT2D eigenvalue weighted by atomic mass is 10.1. The summed E-state index contributed by atoms with van der Waals surface area (Å²) in [6.45, 7) is 4.39. The number of hydrogen-bond acceptors (Lipinski definition) is 5. The number of rotatable bonds is 7. The van der Waals surface area contributed by atoms with E-state index in [0.717, 1.165) is 49.0 Å². The molecule has 2 heterocycles. The number of nitrogens with zero attached hydrogens (tertiary/aromatic N) is 1. The van der Waals surface area contributed by atoms with Crippen LogP contribution in [0.3, 0.4) is 0 Å². The van der Waals surface area contributed by atoms with Crippen molar-refractivity contribution in [2.45, 2.75) is 62.8 Å². The molecule has 0 spiro atoms. The lowest BCUT2D eigenvalue weighted by molar-refractivity contribution is -0.121. The largest absolute Gasteiger partial charge is 0.490 e. The highest BCUT2D eigenvalue weighted by atomic mass is 32.2. The normalized spacial score (nSPS) is 17.9. The Morgan fingerprint density at radius 3 is 2.32 bits per heavy atom. The smallest absolute Gasteiger partial charge is 0.243 e. The van der Waals surface area contributed by atoms with Gasteiger partial charge in [0.15, 0.2) is 11.5 Å². The van der Waals surface area contributed by atoms with Gasteiger partial charge in [-0.1, -0.05) is 31.0 Å². The van der Waals surface area contributed by atoms with Crippen molar-refractivity contribution in [3.8, 4) is 11.5 Å². The van der Waals surface area contributed by atoms with Crippen LogP contribution in [0.25, 0.3) is 0 Å². The molecule has 1 N–H and O–H groups in total. The number of aryl methyl sites for hydroxylation is 1. The van der Waals surface area contributed by atoms with Crippen molar-refractivity contribution >= 4 is 15.9 Å². The van der Waals surface area contributed by atoms with Gasteiger partial charge < -0.3 is 14.8 Å². The van der Waals surface area contributed by atoms with Gasteiger partial charge in [-0.2, -0.15) is 4.31 Å². The van der Waals surface area contributed by atoms with Crippen molar-refractivity contribution in [2.24, 2.45) is 0 Å². The predicted octanol–water partition coefficient (Wildman–Crippen LogP) is 4.22. The van der Waals surface area contributed by atoms with E-state index in [0.29, 0.717) is 49.8 Å². The molecule has 2 aliphatic rings. The van der Waals surface area contributed by atoms with Crippen LogP contribution >= 0.6 is 0 Å². The van der Waals surface area contributed by atoms with E-state index in [2.05, 4.69) is 5.32 Å². The van der Waals surface area contributed by atoms with Gasteiger partial charge in [-0.15, -0.1) is 0 Å². The van der Waals surface area contributed by atoms with Crippen molar-refractivity contribution in [1.82, 2.24) is 9.62 Å². The van der Waals surface area contributed by atoms with Crippen molar-refractivity contribution in [1.29, 1.82) is 0 Å². The molecule has 1 fully saturated rings. The Kier molecular flexibility index (Phi) is 8.11. The molecule has 1 saturated heterocycles. The molecule has 1 atom stereocenters. The van der Waals surface area contributed by atoms with Crippen LogP contribution < -0.4 is 14.8 Å². The van der Waals surface area contributed by atoms with Crippen LogP contribution in [-0.2, 0) is 21.2 Å². The first-order valence-corrected chi connectivity index (χ1v) is 13.7. The maximum atomic E-state index is 12.9. The molecule has 1 amide bonds. The number of amides is 1. The van der Waals surface area contributed by atoms with Crippen LogP contribution in [0, 0.1) is 0 Å². The molecule has 184 valence electrons. The summed E-state index contributed by atoms with van der Waals surface area (Å²) in [5.74, 6) is 1.40. The zero-order chi connectivity index (χ0) is 24.0. The van der Waals surface area contributed by atoms with E-state index in [1.54, 1.807) is 16.4 Å². The van der Waals surface area contributed by atoms with Gasteiger partial charge in [-0.25, -0.2) is 8.42 Å². The number of carbonyl (C=O) groups excluding carboxylic acids is 1. The Balaban J connectivity index is 1.30. The number of carbonyl (C=O) groups is 1. The second-order valence-corrected chi connectivity index (χ2v) is 10.9. The average molecular weight is 487 g/mol. The summed E-state index contributed by atoms with van der Waals surface area (Å²) in [5.41, 5.74) is 1.90. The summed E-state index contributed by atoms with van der Waals surface area (Å²) in [7, 11) is -3.45. The van der Waals surface area contributed by atoms with Crippen molar-refractivity contribution in [3.05, 3.63) is 53.6 Å². The van der Waals surface area contributed by atoms with Crippen LogP contribution in [0.2, 0.25) is 0 Å². The maximum absolute atomic E-state index is 12.9. The molecule has 0 radical (unpaired) electrons. The Morgan fingerprint density at radius 1 is 0.941 bits per heavy atom. The van der Waals surface area contributed by atoms with Crippen LogP contribution in [0.5, 0.6) is 11.5 Å². The highest BCUT2D eigenvalue weighted by Crippen LogP contribution is 2.32. The summed E-state index contributed by atoms with van der Waals surface area (Å²) in [6, 6.07) is 12.5. The SMILES string of the molecule is CC(NC(=O)CCc1ccc(S(=O)(=O)N2CCCCCC2)cc1)c1ccc2c(c1)OCCCO2. The fourth-order valence-corrected chi connectivity index (χ4v) is 5.88. The maximum Gasteiger partial charge on any atom is 0.243 e. The topological polar surface area (TPSA) is 84.9 Å². The summed E-state index contributed by atoms with van der Waals surface area (Å²) >= 11 is 0. The molecule has 0 aliphatic carbocycles. The third-order valence-electron chi connectivity index (χ3n) is 6.42. The van der Waals surface area contributed by atoms with Crippen LogP contribution in [-0.4, -0.2) is 44.9 Å². The number of fused-ring (bicyclic) bond motifs is 1. The second kappa shape index (κ2) is 11.2. The standard InChI is InChI=1S/C26H34N2O5S/c1-20(22-10-13-24-25(19-22)33-18-6-17-32-24)27-26(29)14-9-21-7-11-23(12-8-21)34(30,31)28-15-4-2-3-5-16-28/h7-8,10-13,19-20H,2-6,9,14-18H2,1H3,(H,27,29). The van der Waals surface area contributed by atoms with Crippen molar-refractivity contribution in [3.63, 3.8) is 0 Å².